The lowest BCUT2D eigenvalue weighted by Crippen LogP contribution is -2.25. The second-order valence-electron chi connectivity index (χ2n) is 5.87. The monoisotopic (exact) mass is 396 g/mol. The zero-order chi connectivity index (χ0) is 20.5. The van der Waals surface area contributed by atoms with Crippen LogP contribution in [-0.2, 0) is 0 Å². The molecule has 0 N–H and O–H groups in total. The van der Waals surface area contributed by atoms with Crippen molar-refractivity contribution in [1.29, 1.82) is 10.5 Å². The van der Waals surface area contributed by atoms with Gasteiger partial charge in [0.15, 0.2) is 0 Å². The summed E-state index contributed by atoms with van der Waals surface area (Å²) in [7, 11) is 0. The molecule has 0 radical (unpaired) electrons. The zero-order valence-corrected chi connectivity index (χ0v) is 15.9. The molecule has 2 rings (SSSR count). The number of nitrogens with zero attached hydrogens (tertiary/aromatic N) is 6. The Morgan fingerprint density at radius 3 is 2.21 bits per heavy atom. The molecule has 0 spiro atoms. The fraction of sp³-hybridized carbons (Fsp3) is 0.263. The molecule has 0 amide bonds. The van der Waals surface area contributed by atoms with Crippen LogP contribution >= 0.6 is 11.6 Å². The van der Waals surface area contributed by atoms with Crippen LogP contribution in [0.1, 0.15) is 18.4 Å². The Morgan fingerprint density at radius 2 is 1.71 bits per heavy atom. The molecule has 9 heteroatoms. The first kappa shape index (κ1) is 20.8. The number of rotatable bonds is 8. The lowest BCUT2D eigenvalue weighted by atomic mass is 10.2. The van der Waals surface area contributed by atoms with Crippen molar-refractivity contribution in [2.45, 2.75) is 19.8 Å². The van der Waals surface area contributed by atoms with Crippen LogP contribution < -0.4 is 4.90 Å². The first-order valence-corrected chi connectivity index (χ1v) is 8.79. The van der Waals surface area contributed by atoms with E-state index < -0.39 is 4.92 Å². The van der Waals surface area contributed by atoms with Gasteiger partial charge in [-0.05, 0) is 36.8 Å². The summed E-state index contributed by atoms with van der Waals surface area (Å²) in [5.74, 6) is 0. The predicted molar refractivity (Wildman–Crippen MR) is 106 cm³/mol. The third-order valence-electron chi connectivity index (χ3n) is 3.92. The maximum Gasteiger partial charge on any atom is 0.271 e. The van der Waals surface area contributed by atoms with Crippen LogP contribution in [0, 0.1) is 39.7 Å². The normalized spacial score (nSPS) is 10.4. The first-order chi connectivity index (χ1) is 13.5. The molecule has 2 aromatic carbocycles. The summed E-state index contributed by atoms with van der Waals surface area (Å²) >= 11 is 6.09. The number of azo groups is 1. The van der Waals surface area contributed by atoms with Crippen molar-refractivity contribution in [1.82, 2.24) is 0 Å². The summed E-state index contributed by atoms with van der Waals surface area (Å²) in [6, 6.07) is 14.1. The van der Waals surface area contributed by atoms with Crippen molar-refractivity contribution in [2.75, 3.05) is 18.0 Å². The molecule has 0 aliphatic heterocycles. The van der Waals surface area contributed by atoms with Gasteiger partial charge in [-0.2, -0.15) is 15.6 Å². The molecule has 2 aromatic rings. The average Bonchev–Trinajstić information content (AvgIpc) is 2.68. The molecule has 8 nitrogen and oxygen atoms in total. The van der Waals surface area contributed by atoms with Gasteiger partial charge in [-0.15, -0.1) is 5.11 Å². The van der Waals surface area contributed by atoms with Crippen LogP contribution in [0.5, 0.6) is 0 Å². The highest BCUT2D eigenvalue weighted by molar-refractivity contribution is 6.33. The van der Waals surface area contributed by atoms with E-state index in [1.54, 1.807) is 19.1 Å². The number of benzene rings is 2. The summed E-state index contributed by atoms with van der Waals surface area (Å²) in [4.78, 5) is 12.3. The van der Waals surface area contributed by atoms with E-state index in [1.807, 2.05) is 17.0 Å². The van der Waals surface area contributed by atoms with Crippen molar-refractivity contribution < 1.29 is 4.92 Å². The van der Waals surface area contributed by atoms with Crippen molar-refractivity contribution in [3.05, 3.63) is 57.1 Å². The first-order valence-electron chi connectivity index (χ1n) is 8.41. The number of anilines is 1. The SMILES string of the molecule is Cc1cc([N+](=O)[O-])cc(Cl)c1/N=N/c1ccc(N(CCC#N)CCC#N)cc1. The number of nitro groups is 1. The third kappa shape index (κ3) is 5.50. The largest absolute Gasteiger partial charge is 0.369 e. The van der Waals surface area contributed by atoms with Crippen molar-refractivity contribution in [3.8, 4) is 12.1 Å². The molecular weight excluding hydrogens is 380 g/mol. The summed E-state index contributed by atoms with van der Waals surface area (Å²) in [6.45, 7) is 2.76. The molecule has 0 aliphatic rings. The summed E-state index contributed by atoms with van der Waals surface area (Å²) in [5, 5.41) is 36.9. The Morgan fingerprint density at radius 1 is 1.11 bits per heavy atom. The highest BCUT2D eigenvalue weighted by Gasteiger charge is 2.13. The summed E-state index contributed by atoms with van der Waals surface area (Å²) in [6.07, 6.45) is 0.732. The van der Waals surface area contributed by atoms with E-state index in [9.17, 15) is 10.1 Å². The van der Waals surface area contributed by atoms with E-state index in [2.05, 4.69) is 22.4 Å². The van der Waals surface area contributed by atoms with Gasteiger partial charge in [-0.1, -0.05) is 11.6 Å². The van der Waals surface area contributed by atoms with Crippen molar-refractivity contribution >= 4 is 34.4 Å². The molecule has 0 saturated carbocycles. The molecule has 0 fully saturated rings. The van der Waals surface area contributed by atoms with Gasteiger partial charge < -0.3 is 4.90 Å². The fourth-order valence-corrected chi connectivity index (χ4v) is 2.83. The number of hydrogen-bond acceptors (Lipinski definition) is 7. The minimum atomic E-state index is -0.511. The molecule has 0 heterocycles. The predicted octanol–water partition coefficient (Wildman–Crippen LogP) is 5.61. The molecule has 0 aliphatic carbocycles. The van der Waals surface area contributed by atoms with Gasteiger partial charge >= 0.3 is 0 Å². The van der Waals surface area contributed by atoms with E-state index in [0.717, 1.165) is 5.69 Å². The fourth-order valence-electron chi connectivity index (χ4n) is 2.53. The second kappa shape index (κ2) is 10.0. The van der Waals surface area contributed by atoms with Gasteiger partial charge in [0.2, 0.25) is 0 Å². The second-order valence-corrected chi connectivity index (χ2v) is 6.28. The lowest BCUT2D eigenvalue weighted by molar-refractivity contribution is -0.384. The van der Waals surface area contributed by atoms with E-state index in [0.29, 0.717) is 42.9 Å². The highest BCUT2D eigenvalue weighted by Crippen LogP contribution is 2.34. The van der Waals surface area contributed by atoms with Crippen molar-refractivity contribution in [3.63, 3.8) is 0 Å². The Kier molecular flexibility index (Phi) is 7.44. The molecule has 28 heavy (non-hydrogen) atoms. The highest BCUT2D eigenvalue weighted by atomic mass is 35.5. The van der Waals surface area contributed by atoms with E-state index in [4.69, 9.17) is 22.1 Å². The molecule has 0 aromatic heterocycles. The van der Waals surface area contributed by atoms with Crippen LogP contribution in [0.25, 0.3) is 0 Å². The van der Waals surface area contributed by atoms with Gasteiger partial charge in [0, 0.05) is 30.9 Å². The van der Waals surface area contributed by atoms with Gasteiger partial charge in [0.1, 0.15) is 5.69 Å². The summed E-state index contributed by atoms with van der Waals surface area (Å²) < 4.78 is 0. The molecule has 0 saturated heterocycles. The maximum atomic E-state index is 10.9. The zero-order valence-electron chi connectivity index (χ0n) is 15.2. The maximum absolute atomic E-state index is 10.9. The standard InChI is InChI=1S/C19H17ClN6O2/c1-14-12-17(26(27)28)13-18(20)19(14)24-23-15-4-6-16(7-5-15)25(10-2-8-21)11-3-9-22/h4-7,12-13H,2-3,10-11H2,1H3/b24-23+. The lowest BCUT2D eigenvalue weighted by Gasteiger charge is -2.22. The van der Waals surface area contributed by atoms with Crippen LogP contribution in [0.3, 0.4) is 0 Å². The van der Waals surface area contributed by atoms with Gasteiger partial charge in [-0.3, -0.25) is 10.1 Å². The average molecular weight is 397 g/mol. The molecule has 142 valence electrons. The third-order valence-corrected chi connectivity index (χ3v) is 4.21. The van der Waals surface area contributed by atoms with E-state index in [-0.39, 0.29) is 10.7 Å². The number of halogens is 1. The van der Waals surface area contributed by atoms with Crippen molar-refractivity contribution in [2.24, 2.45) is 10.2 Å². The molecule has 0 atom stereocenters. The van der Waals surface area contributed by atoms with Crippen LogP contribution in [-0.4, -0.2) is 18.0 Å². The van der Waals surface area contributed by atoms with E-state index in [1.165, 1.54) is 12.1 Å². The quantitative estimate of drug-likeness (QED) is 0.326. The molecule has 0 bridgehead atoms. The number of nitriles is 2. The minimum absolute atomic E-state index is 0.0966. The van der Waals surface area contributed by atoms with E-state index >= 15 is 0 Å². The van der Waals surface area contributed by atoms with Gasteiger partial charge in [-0.25, -0.2) is 0 Å². The Bertz CT molecular complexity index is 919. The molecular formula is C19H17ClN6O2. The number of hydrogen-bond donors (Lipinski definition) is 0. The Hall–Kier alpha value is -3.49. The number of aryl methyl sites for hydroxylation is 1. The minimum Gasteiger partial charge on any atom is -0.369 e. The van der Waals surface area contributed by atoms with Crippen LogP contribution in [0.2, 0.25) is 5.02 Å². The van der Waals surface area contributed by atoms with Crippen LogP contribution in [0.4, 0.5) is 22.7 Å². The topological polar surface area (TPSA) is 119 Å². The number of non-ortho nitro benzene ring substituents is 1. The Labute approximate surface area is 167 Å². The van der Waals surface area contributed by atoms with Gasteiger partial charge in [0.05, 0.1) is 40.6 Å². The molecule has 0 unspecified atom stereocenters. The Balaban J connectivity index is 2.19. The van der Waals surface area contributed by atoms with Gasteiger partial charge in [0.25, 0.3) is 5.69 Å². The number of nitro benzene ring substituents is 1. The summed E-state index contributed by atoms with van der Waals surface area (Å²) in [5.41, 5.74) is 2.30. The smallest absolute Gasteiger partial charge is 0.271 e. The van der Waals surface area contributed by atoms with Crippen LogP contribution in [0.15, 0.2) is 46.6 Å².